The Kier molecular flexibility index (Phi) is 2.63. The Labute approximate surface area is 87.6 Å². The predicted octanol–water partition coefficient (Wildman–Crippen LogP) is 2.39. The standard InChI is InChI=1S/C12H11FN2/c13-12-8-11(14)2-1-10(12)7-9-3-5-15-6-4-9/h1-6,8H,7,14H2. The zero-order chi connectivity index (χ0) is 10.7. The van der Waals surface area contributed by atoms with E-state index in [9.17, 15) is 4.39 Å². The molecule has 0 bridgehead atoms. The van der Waals surface area contributed by atoms with Gasteiger partial charge in [0.2, 0.25) is 0 Å². The Balaban J connectivity index is 2.25. The molecule has 76 valence electrons. The second-order valence-corrected chi connectivity index (χ2v) is 3.38. The molecule has 0 radical (unpaired) electrons. The molecule has 2 rings (SSSR count). The third-order valence-electron chi connectivity index (χ3n) is 2.22. The first kappa shape index (κ1) is 9.65. The van der Waals surface area contributed by atoms with Crippen LogP contribution < -0.4 is 5.73 Å². The van der Waals surface area contributed by atoms with Crippen LogP contribution in [0.25, 0.3) is 0 Å². The Morgan fingerprint density at radius 3 is 2.53 bits per heavy atom. The average Bonchev–Trinajstić information content (AvgIpc) is 2.24. The van der Waals surface area contributed by atoms with E-state index in [1.54, 1.807) is 24.5 Å². The maximum atomic E-state index is 13.4. The highest BCUT2D eigenvalue weighted by atomic mass is 19.1. The fourth-order valence-corrected chi connectivity index (χ4v) is 1.43. The number of aromatic nitrogens is 1. The van der Waals surface area contributed by atoms with E-state index in [4.69, 9.17) is 5.73 Å². The number of rotatable bonds is 2. The summed E-state index contributed by atoms with van der Waals surface area (Å²) in [6, 6.07) is 8.51. The van der Waals surface area contributed by atoms with E-state index >= 15 is 0 Å². The molecule has 0 aliphatic heterocycles. The Hall–Kier alpha value is -1.90. The molecule has 0 spiro atoms. The second kappa shape index (κ2) is 4.09. The van der Waals surface area contributed by atoms with Crippen molar-refractivity contribution in [3.05, 3.63) is 59.7 Å². The van der Waals surface area contributed by atoms with E-state index in [1.165, 1.54) is 6.07 Å². The Morgan fingerprint density at radius 2 is 1.87 bits per heavy atom. The predicted molar refractivity (Wildman–Crippen MR) is 57.9 cm³/mol. The van der Waals surface area contributed by atoms with Crippen molar-refractivity contribution in [2.24, 2.45) is 0 Å². The maximum Gasteiger partial charge on any atom is 0.128 e. The van der Waals surface area contributed by atoms with Gasteiger partial charge in [-0.3, -0.25) is 4.98 Å². The first-order chi connectivity index (χ1) is 7.25. The largest absolute Gasteiger partial charge is 0.399 e. The van der Waals surface area contributed by atoms with E-state index in [2.05, 4.69) is 4.98 Å². The van der Waals surface area contributed by atoms with Gasteiger partial charge in [-0.2, -0.15) is 0 Å². The number of nitrogens with two attached hydrogens (primary N) is 1. The molecule has 0 fully saturated rings. The summed E-state index contributed by atoms with van der Waals surface area (Å²) in [5.74, 6) is -0.258. The molecule has 3 heteroatoms. The molecule has 0 unspecified atom stereocenters. The van der Waals surface area contributed by atoms with E-state index < -0.39 is 0 Å². The van der Waals surface area contributed by atoms with Crippen LogP contribution >= 0.6 is 0 Å². The van der Waals surface area contributed by atoms with Crippen molar-refractivity contribution in [2.75, 3.05) is 5.73 Å². The van der Waals surface area contributed by atoms with Crippen LogP contribution in [0.5, 0.6) is 0 Å². The summed E-state index contributed by atoms with van der Waals surface area (Å²) in [7, 11) is 0. The van der Waals surface area contributed by atoms with Gasteiger partial charge in [0.15, 0.2) is 0 Å². The summed E-state index contributed by atoms with van der Waals surface area (Å²) in [4.78, 5) is 3.91. The van der Waals surface area contributed by atoms with Crippen LogP contribution in [0.1, 0.15) is 11.1 Å². The summed E-state index contributed by atoms with van der Waals surface area (Å²) in [5, 5.41) is 0. The lowest BCUT2D eigenvalue weighted by Crippen LogP contribution is -1.94. The molecular formula is C12H11FN2. The van der Waals surface area contributed by atoms with Crippen molar-refractivity contribution >= 4 is 5.69 Å². The molecule has 0 atom stereocenters. The zero-order valence-corrected chi connectivity index (χ0v) is 8.15. The summed E-state index contributed by atoms with van der Waals surface area (Å²) in [6.45, 7) is 0. The zero-order valence-electron chi connectivity index (χ0n) is 8.15. The Morgan fingerprint density at radius 1 is 1.13 bits per heavy atom. The van der Waals surface area contributed by atoms with Gasteiger partial charge >= 0.3 is 0 Å². The number of pyridine rings is 1. The number of nitrogens with zero attached hydrogens (tertiary/aromatic N) is 1. The second-order valence-electron chi connectivity index (χ2n) is 3.38. The van der Waals surface area contributed by atoms with Crippen LogP contribution in [-0.2, 0) is 6.42 Å². The quantitative estimate of drug-likeness (QED) is 0.759. The third-order valence-corrected chi connectivity index (χ3v) is 2.22. The lowest BCUT2D eigenvalue weighted by Gasteiger charge is -2.03. The van der Waals surface area contributed by atoms with E-state index in [0.717, 1.165) is 5.56 Å². The van der Waals surface area contributed by atoms with Crippen molar-refractivity contribution in [3.63, 3.8) is 0 Å². The van der Waals surface area contributed by atoms with Gasteiger partial charge in [-0.05, 0) is 35.4 Å². The molecule has 1 aromatic heterocycles. The van der Waals surface area contributed by atoms with Crippen molar-refractivity contribution in [3.8, 4) is 0 Å². The SMILES string of the molecule is Nc1ccc(Cc2ccncc2)c(F)c1. The summed E-state index contributed by atoms with van der Waals surface area (Å²) >= 11 is 0. The highest BCUT2D eigenvalue weighted by molar-refractivity contribution is 5.41. The fraction of sp³-hybridized carbons (Fsp3) is 0.0833. The monoisotopic (exact) mass is 202 g/mol. The molecule has 0 aliphatic carbocycles. The summed E-state index contributed by atoms with van der Waals surface area (Å²) in [6.07, 6.45) is 3.96. The van der Waals surface area contributed by atoms with Crippen molar-refractivity contribution < 1.29 is 4.39 Å². The van der Waals surface area contributed by atoms with Gasteiger partial charge in [0, 0.05) is 24.5 Å². The minimum Gasteiger partial charge on any atom is -0.399 e. The number of benzene rings is 1. The van der Waals surface area contributed by atoms with Crippen LogP contribution in [0.4, 0.5) is 10.1 Å². The van der Waals surface area contributed by atoms with E-state index in [0.29, 0.717) is 17.7 Å². The average molecular weight is 202 g/mol. The lowest BCUT2D eigenvalue weighted by atomic mass is 10.1. The highest BCUT2D eigenvalue weighted by Gasteiger charge is 2.03. The number of halogens is 1. The van der Waals surface area contributed by atoms with E-state index in [-0.39, 0.29) is 5.82 Å². The smallest absolute Gasteiger partial charge is 0.128 e. The molecule has 15 heavy (non-hydrogen) atoms. The van der Waals surface area contributed by atoms with Crippen LogP contribution in [-0.4, -0.2) is 4.98 Å². The van der Waals surface area contributed by atoms with Gasteiger partial charge in [-0.15, -0.1) is 0 Å². The maximum absolute atomic E-state index is 13.4. The van der Waals surface area contributed by atoms with Crippen LogP contribution in [0.3, 0.4) is 0 Å². The first-order valence-electron chi connectivity index (χ1n) is 4.68. The first-order valence-corrected chi connectivity index (χ1v) is 4.68. The number of anilines is 1. The lowest BCUT2D eigenvalue weighted by molar-refractivity contribution is 0.614. The van der Waals surface area contributed by atoms with Gasteiger partial charge in [-0.1, -0.05) is 6.07 Å². The summed E-state index contributed by atoms with van der Waals surface area (Å²) < 4.78 is 13.4. The molecule has 2 N–H and O–H groups in total. The van der Waals surface area contributed by atoms with Crippen molar-refractivity contribution in [1.29, 1.82) is 0 Å². The van der Waals surface area contributed by atoms with Gasteiger partial charge in [0.1, 0.15) is 5.82 Å². The molecule has 2 nitrogen and oxygen atoms in total. The van der Waals surface area contributed by atoms with Crippen molar-refractivity contribution in [2.45, 2.75) is 6.42 Å². The molecule has 0 amide bonds. The minimum absolute atomic E-state index is 0.258. The van der Waals surface area contributed by atoms with Gasteiger partial charge in [0.25, 0.3) is 0 Å². The normalized spacial score (nSPS) is 10.2. The van der Waals surface area contributed by atoms with Gasteiger partial charge < -0.3 is 5.73 Å². The molecule has 1 aromatic carbocycles. The van der Waals surface area contributed by atoms with Crippen LogP contribution in [0, 0.1) is 5.82 Å². The van der Waals surface area contributed by atoms with E-state index in [1.807, 2.05) is 12.1 Å². The highest BCUT2D eigenvalue weighted by Crippen LogP contribution is 2.15. The van der Waals surface area contributed by atoms with Gasteiger partial charge in [0.05, 0.1) is 0 Å². The fourth-order valence-electron chi connectivity index (χ4n) is 1.43. The number of hydrogen-bond donors (Lipinski definition) is 1. The Bertz CT molecular complexity index is 454. The molecule has 0 saturated heterocycles. The summed E-state index contributed by atoms with van der Waals surface area (Å²) in [5.41, 5.74) is 7.61. The number of nitrogen functional groups attached to an aromatic ring is 1. The molecule has 1 heterocycles. The topological polar surface area (TPSA) is 38.9 Å². The van der Waals surface area contributed by atoms with Crippen LogP contribution in [0.15, 0.2) is 42.7 Å². The molecule has 2 aromatic rings. The molecule has 0 saturated carbocycles. The van der Waals surface area contributed by atoms with Crippen LogP contribution in [0.2, 0.25) is 0 Å². The minimum atomic E-state index is -0.258. The van der Waals surface area contributed by atoms with Crippen molar-refractivity contribution in [1.82, 2.24) is 4.98 Å². The molecular weight excluding hydrogens is 191 g/mol. The third kappa shape index (κ3) is 2.31. The number of hydrogen-bond acceptors (Lipinski definition) is 2. The molecule has 0 aliphatic rings. The van der Waals surface area contributed by atoms with Gasteiger partial charge in [-0.25, -0.2) is 4.39 Å².